The number of benzene rings is 1. The zero-order valence-corrected chi connectivity index (χ0v) is 11.2. The number of thiazole rings is 1. The monoisotopic (exact) mass is 263 g/mol. The molecular weight excluding hydrogens is 246 g/mol. The van der Waals surface area contributed by atoms with E-state index < -0.39 is 0 Å². The fourth-order valence-electron chi connectivity index (χ4n) is 2.52. The first-order valence-electron chi connectivity index (χ1n) is 6.19. The molecule has 0 spiro atoms. The third-order valence-electron chi connectivity index (χ3n) is 3.64. The summed E-state index contributed by atoms with van der Waals surface area (Å²) in [5.41, 5.74) is 10.9. The van der Waals surface area contributed by atoms with Crippen molar-refractivity contribution in [2.24, 2.45) is 0 Å². The second-order valence-electron chi connectivity index (χ2n) is 4.65. The van der Waals surface area contributed by atoms with Crippen LogP contribution in [-0.2, 0) is 4.74 Å². The van der Waals surface area contributed by atoms with Crippen molar-refractivity contribution in [3.05, 3.63) is 17.6 Å². The molecule has 96 valence electrons. The molecule has 0 bridgehead atoms. The number of nitrogens with two attached hydrogens (primary N) is 1. The van der Waals surface area contributed by atoms with Gasteiger partial charge in [0, 0.05) is 26.3 Å². The lowest BCUT2D eigenvalue weighted by molar-refractivity contribution is 0.0855. The summed E-state index contributed by atoms with van der Waals surface area (Å²) in [6, 6.07) is 4.72. The lowest BCUT2D eigenvalue weighted by atomic mass is 10.1. The van der Waals surface area contributed by atoms with E-state index >= 15 is 0 Å². The summed E-state index contributed by atoms with van der Waals surface area (Å²) in [7, 11) is 2.11. The van der Waals surface area contributed by atoms with Gasteiger partial charge in [-0.25, -0.2) is 4.98 Å². The van der Waals surface area contributed by atoms with E-state index in [4.69, 9.17) is 10.5 Å². The highest BCUT2D eigenvalue weighted by Gasteiger charge is 2.21. The third-order valence-corrected chi connectivity index (χ3v) is 4.43. The molecule has 2 heterocycles. The van der Waals surface area contributed by atoms with Gasteiger partial charge in [0.2, 0.25) is 0 Å². The second kappa shape index (κ2) is 4.74. The van der Waals surface area contributed by atoms with Gasteiger partial charge >= 0.3 is 0 Å². The topological polar surface area (TPSA) is 51.4 Å². The summed E-state index contributed by atoms with van der Waals surface area (Å²) in [5, 5.41) is 0. The predicted octanol–water partition coefficient (Wildman–Crippen LogP) is 2.49. The molecule has 0 unspecified atom stereocenters. The molecule has 1 aromatic carbocycles. The molecule has 1 aliphatic heterocycles. The molecular formula is C13H17N3OS. The molecule has 2 N–H and O–H groups in total. The number of ether oxygens (including phenoxy) is 1. The summed E-state index contributed by atoms with van der Waals surface area (Å²) in [6.45, 7) is 1.68. The Bertz CT molecular complexity index is 548. The van der Waals surface area contributed by atoms with Crippen LogP contribution in [-0.4, -0.2) is 31.3 Å². The van der Waals surface area contributed by atoms with Gasteiger partial charge in [-0.2, -0.15) is 0 Å². The number of nitrogens with zero attached hydrogens (tertiary/aromatic N) is 2. The number of fused-ring (bicyclic) bond motifs is 1. The first-order valence-corrected chi connectivity index (χ1v) is 7.07. The van der Waals surface area contributed by atoms with E-state index in [1.165, 1.54) is 0 Å². The van der Waals surface area contributed by atoms with Gasteiger partial charge in [-0.05, 0) is 25.0 Å². The highest BCUT2D eigenvalue weighted by Crippen LogP contribution is 2.33. The molecule has 0 atom stereocenters. The Labute approximate surface area is 110 Å². The standard InChI is InChI=1S/C13H17N3OS/c1-16(9-4-6-17-7-5-9)10-2-3-11-13(12(10)14)15-8-18-11/h2-3,8-9H,4-7,14H2,1H3. The number of anilines is 2. The molecule has 5 heteroatoms. The minimum absolute atomic E-state index is 0.511. The number of hydrogen-bond acceptors (Lipinski definition) is 5. The Hall–Kier alpha value is -1.33. The maximum Gasteiger partial charge on any atom is 0.106 e. The maximum absolute atomic E-state index is 6.24. The SMILES string of the molecule is CN(c1ccc2scnc2c1N)C1CCOCC1. The van der Waals surface area contributed by atoms with Crippen molar-refractivity contribution in [2.75, 3.05) is 30.9 Å². The van der Waals surface area contributed by atoms with Crippen LogP contribution in [0.2, 0.25) is 0 Å². The molecule has 0 amide bonds. The van der Waals surface area contributed by atoms with Crippen LogP contribution in [0, 0.1) is 0 Å². The van der Waals surface area contributed by atoms with Gasteiger partial charge in [-0.3, -0.25) is 0 Å². The molecule has 1 fully saturated rings. The van der Waals surface area contributed by atoms with Gasteiger partial charge < -0.3 is 15.4 Å². The lowest BCUT2D eigenvalue weighted by Crippen LogP contribution is -2.37. The van der Waals surface area contributed by atoms with Crippen LogP contribution < -0.4 is 10.6 Å². The van der Waals surface area contributed by atoms with Crippen molar-refractivity contribution in [1.29, 1.82) is 0 Å². The van der Waals surface area contributed by atoms with Crippen molar-refractivity contribution < 1.29 is 4.74 Å². The van der Waals surface area contributed by atoms with Gasteiger partial charge in [0.05, 0.1) is 21.6 Å². The summed E-state index contributed by atoms with van der Waals surface area (Å²) >= 11 is 1.63. The molecule has 1 aliphatic rings. The van der Waals surface area contributed by atoms with Crippen molar-refractivity contribution in [1.82, 2.24) is 4.98 Å². The highest BCUT2D eigenvalue weighted by molar-refractivity contribution is 7.16. The minimum Gasteiger partial charge on any atom is -0.395 e. The molecule has 0 saturated carbocycles. The van der Waals surface area contributed by atoms with Crippen LogP contribution in [0.25, 0.3) is 10.2 Å². The van der Waals surface area contributed by atoms with Gasteiger partial charge in [0.1, 0.15) is 5.52 Å². The van der Waals surface area contributed by atoms with Crippen molar-refractivity contribution in [3.63, 3.8) is 0 Å². The minimum atomic E-state index is 0.511. The summed E-state index contributed by atoms with van der Waals surface area (Å²) in [6.07, 6.45) is 2.12. The quantitative estimate of drug-likeness (QED) is 0.846. The van der Waals surface area contributed by atoms with E-state index in [-0.39, 0.29) is 0 Å². The molecule has 0 radical (unpaired) electrons. The highest BCUT2D eigenvalue weighted by atomic mass is 32.1. The predicted molar refractivity (Wildman–Crippen MR) is 76.3 cm³/mol. The van der Waals surface area contributed by atoms with Gasteiger partial charge in [0.15, 0.2) is 0 Å². The van der Waals surface area contributed by atoms with E-state index in [2.05, 4.69) is 29.1 Å². The molecule has 1 aromatic heterocycles. The average Bonchev–Trinajstić information content (AvgIpc) is 2.89. The van der Waals surface area contributed by atoms with Crippen molar-refractivity contribution in [2.45, 2.75) is 18.9 Å². The first kappa shape index (κ1) is 11.7. The van der Waals surface area contributed by atoms with E-state index in [9.17, 15) is 0 Å². The maximum atomic E-state index is 6.24. The largest absolute Gasteiger partial charge is 0.395 e. The second-order valence-corrected chi connectivity index (χ2v) is 5.54. The van der Waals surface area contributed by atoms with Crippen LogP contribution in [0.1, 0.15) is 12.8 Å². The zero-order valence-electron chi connectivity index (χ0n) is 10.4. The first-order chi connectivity index (χ1) is 8.77. The fraction of sp³-hybridized carbons (Fsp3) is 0.462. The zero-order chi connectivity index (χ0) is 12.5. The summed E-state index contributed by atoms with van der Waals surface area (Å²) in [4.78, 5) is 6.62. The van der Waals surface area contributed by atoms with E-state index in [1.54, 1.807) is 11.3 Å². The molecule has 18 heavy (non-hydrogen) atoms. The van der Waals surface area contributed by atoms with Crippen LogP contribution in [0.15, 0.2) is 17.6 Å². The number of rotatable bonds is 2. The average molecular weight is 263 g/mol. The van der Waals surface area contributed by atoms with Crippen LogP contribution in [0.4, 0.5) is 11.4 Å². The lowest BCUT2D eigenvalue weighted by Gasteiger charge is -2.33. The Morgan fingerprint density at radius 2 is 2.17 bits per heavy atom. The van der Waals surface area contributed by atoms with Gasteiger partial charge in [0.25, 0.3) is 0 Å². The summed E-state index contributed by atoms with van der Waals surface area (Å²) < 4.78 is 6.55. The third kappa shape index (κ3) is 1.93. The van der Waals surface area contributed by atoms with E-state index in [0.29, 0.717) is 6.04 Å². The van der Waals surface area contributed by atoms with Gasteiger partial charge in [-0.15, -0.1) is 11.3 Å². The van der Waals surface area contributed by atoms with Gasteiger partial charge in [-0.1, -0.05) is 0 Å². The molecule has 4 nitrogen and oxygen atoms in total. The summed E-state index contributed by atoms with van der Waals surface area (Å²) in [5.74, 6) is 0. The smallest absolute Gasteiger partial charge is 0.106 e. The number of nitrogen functional groups attached to an aromatic ring is 1. The Morgan fingerprint density at radius 3 is 2.94 bits per heavy atom. The van der Waals surface area contributed by atoms with Crippen LogP contribution in [0.5, 0.6) is 0 Å². The number of aromatic nitrogens is 1. The number of hydrogen-bond donors (Lipinski definition) is 1. The normalized spacial score (nSPS) is 17.2. The van der Waals surface area contributed by atoms with E-state index in [0.717, 1.165) is 47.6 Å². The molecule has 2 aromatic rings. The Kier molecular flexibility index (Phi) is 3.09. The molecule has 1 saturated heterocycles. The Morgan fingerprint density at radius 1 is 1.39 bits per heavy atom. The fourth-order valence-corrected chi connectivity index (χ4v) is 3.21. The molecule has 0 aliphatic carbocycles. The molecule has 3 rings (SSSR count). The van der Waals surface area contributed by atoms with Crippen LogP contribution >= 0.6 is 11.3 Å². The van der Waals surface area contributed by atoms with Crippen LogP contribution in [0.3, 0.4) is 0 Å². The van der Waals surface area contributed by atoms with Crippen molar-refractivity contribution in [3.8, 4) is 0 Å². The Balaban J connectivity index is 1.94. The van der Waals surface area contributed by atoms with E-state index in [1.807, 2.05) is 5.51 Å². The van der Waals surface area contributed by atoms with Crippen molar-refractivity contribution >= 4 is 32.9 Å².